The number of esters is 1. The van der Waals surface area contributed by atoms with Crippen LogP contribution in [0.2, 0.25) is 0 Å². The van der Waals surface area contributed by atoms with E-state index in [9.17, 15) is 32.5 Å². The number of carbonyl (C=O) groups is 1. The fraction of sp³-hybridized carbons (Fsp3) is 0.216. The van der Waals surface area contributed by atoms with Crippen molar-refractivity contribution in [1.82, 2.24) is 3.97 Å². The zero-order chi connectivity index (χ0) is 34.2. The molecule has 48 heavy (non-hydrogen) atoms. The smallest absolute Gasteiger partial charge is 0.308 e. The molecular weight excluding hydrogens is 639 g/mol. The van der Waals surface area contributed by atoms with Crippen molar-refractivity contribution in [2.75, 3.05) is 7.11 Å². The van der Waals surface area contributed by atoms with Gasteiger partial charge in [0.2, 0.25) is 0 Å². The van der Waals surface area contributed by atoms with E-state index in [1.54, 1.807) is 12.1 Å². The molecule has 1 heterocycles. The number of benzene rings is 4. The molecule has 1 aliphatic carbocycles. The van der Waals surface area contributed by atoms with Crippen molar-refractivity contribution < 1.29 is 31.1 Å². The number of hydrogen-bond acceptors (Lipinski definition) is 6. The maximum absolute atomic E-state index is 15.0. The molecule has 4 aromatic carbocycles. The molecule has 6 rings (SSSR count). The molecule has 242 valence electrons. The van der Waals surface area contributed by atoms with Crippen LogP contribution in [0.15, 0.2) is 89.8 Å². The van der Waals surface area contributed by atoms with Crippen molar-refractivity contribution in [2.45, 2.75) is 42.9 Å². The Morgan fingerprint density at radius 1 is 0.875 bits per heavy atom. The standard InChI is InChI=1S/C37H28F3N3O4S/c1-47-37(44)24-10-8-22(9-11-24)25-4-2-5-26(18-25)35-34(33-27(20-41)6-3-7-28(33)21-42)31-19-29(38)14-17-32(31)43(35)48(45,46)30-15-12-23(13-16-30)36(39)40/h2-7,12-19,22,24,36H,8-11H2,1H3. The molecule has 0 aliphatic heterocycles. The van der Waals surface area contributed by atoms with Gasteiger partial charge in [-0.05, 0) is 85.7 Å². The number of ether oxygens (including phenoxy) is 1. The number of hydrogen-bond donors (Lipinski definition) is 0. The van der Waals surface area contributed by atoms with Crippen LogP contribution < -0.4 is 0 Å². The third-order valence-corrected chi connectivity index (χ3v) is 10.7. The molecule has 1 fully saturated rings. The van der Waals surface area contributed by atoms with Gasteiger partial charge in [0.05, 0.1) is 52.4 Å². The quantitative estimate of drug-likeness (QED) is 0.161. The molecule has 0 atom stereocenters. The third-order valence-electron chi connectivity index (χ3n) is 9.01. The molecule has 0 spiro atoms. The molecule has 11 heteroatoms. The van der Waals surface area contributed by atoms with Crippen LogP contribution in [0.4, 0.5) is 13.2 Å². The van der Waals surface area contributed by atoms with Crippen molar-refractivity contribution in [2.24, 2.45) is 5.92 Å². The minimum atomic E-state index is -4.55. The Morgan fingerprint density at radius 2 is 1.52 bits per heavy atom. The van der Waals surface area contributed by atoms with E-state index >= 15 is 4.39 Å². The van der Waals surface area contributed by atoms with Gasteiger partial charge >= 0.3 is 5.97 Å². The summed E-state index contributed by atoms with van der Waals surface area (Å²) in [4.78, 5) is 11.9. The summed E-state index contributed by atoms with van der Waals surface area (Å²) in [5, 5.41) is 20.4. The summed E-state index contributed by atoms with van der Waals surface area (Å²) in [7, 11) is -3.19. The molecule has 7 nitrogen and oxygen atoms in total. The molecule has 1 aliphatic rings. The van der Waals surface area contributed by atoms with Gasteiger partial charge < -0.3 is 4.74 Å². The molecule has 0 radical (unpaired) electrons. The maximum Gasteiger partial charge on any atom is 0.308 e. The second-order valence-electron chi connectivity index (χ2n) is 11.7. The van der Waals surface area contributed by atoms with Gasteiger partial charge in [0.15, 0.2) is 0 Å². The van der Waals surface area contributed by atoms with Crippen LogP contribution >= 0.6 is 0 Å². The fourth-order valence-corrected chi connectivity index (χ4v) is 8.21. The topological polar surface area (TPSA) is 113 Å². The molecule has 1 saturated carbocycles. The SMILES string of the molecule is COC(=O)C1CCC(c2cccc(-c3c(-c4c(C#N)cccc4C#N)c4cc(F)ccc4n3S(=O)(=O)c3ccc(C(F)F)cc3)c2)CC1. The van der Waals surface area contributed by atoms with Gasteiger partial charge in [-0.25, -0.2) is 25.6 Å². The Morgan fingerprint density at radius 3 is 2.12 bits per heavy atom. The highest BCUT2D eigenvalue weighted by Crippen LogP contribution is 2.46. The first-order valence-electron chi connectivity index (χ1n) is 15.2. The van der Waals surface area contributed by atoms with Crippen molar-refractivity contribution >= 4 is 26.9 Å². The summed E-state index contributed by atoms with van der Waals surface area (Å²) in [6.07, 6.45) is -0.187. The van der Waals surface area contributed by atoms with Gasteiger partial charge in [0.25, 0.3) is 16.4 Å². The minimum Gasteiger partial charge on any atom is -0.469 e. The first-order valence-corrected chi connectivity index (χ1v) is 16.6. The number of rotatable bonds is 7. The van der Waals surface area contributed by atoms with Crippen LogP contribution in [-0.4, -0.2) is 25.5 Å². The summed E-state index contributed by atoms with van der Waals surface area (Å²) >= 11 is 0. The zero-order valence-corrected chi connectivity index (χ0v) is 26.5. The van der Waals surface area contributed by atoms with Gasteiger partial charge in [-0.3, -0.25) is 4.79 Å². The number of alkyl halides is 2. The predicted octanol–water partition coefficient (Wildman–Crippen LogP) is 8.48. The summed E-state index contributed by atoms with van der Waals surface area (Å²) in [5.41, 5.74) is 1.56. The van der Waals surface area contributed by atoms with Crippen molar-refractivity contribution in [3.05, 3.63) is 113 Å². The molecule has 1 aromatic heterocycles. The van der Waals surface area contributed by atoms with Gasteiger partial charge in [0, 0.05) is 27.6 Å². The lowest BCUT2D eigenvalue weighted by molar-refractivity contribution is -0.146. The van der Waals surface area contributed by atoms with Crippen LogP contribution in [-0.2, 0) is 19.6 Å². The molecule has 0 saturated heterocycles. The van der Waals surface area contributed by atoms with E-state index in [2.05, 4.69) is 12.1 Å². The largest absolute Gasteiger partial charge is 0.469 e. The predicted molar refractivity (Wildman–Crippen MR) is 173 cm³/mol. The highest BCUT2D eigenvalue weighted by atomic mass is 32.2. The number of nitrogens with zero attached hydrogens (tertiary/aromatic N) is 3. The zero-order valence-electron chi connectivity index (χ0n) is 25.7. The van der Waals surface area contributed by atoms with E-state index in [0.717, 1.165) is 45.9 Å². The average Bonchev–Trinajstić information content (AvgIpc) is 3.45. The fourth-order valence-electron chi connectivity index (χ4n) is 6.67. The lowest BCUT2D eigenvalue weighted by Gasteiger charge is -2.27. The second kappa shape index (κ2) is 13.0. The number of carbonyl (C=O) groups excluding carboxylic acids is 1. The van der Waals surface area contributed by atoms with Crippen molar-refractivity contribution in [3.8, 4) is 34.5 Å². The molecular formula is C37H28F3N3O4S. The number of fused-ring (bicyclic) bond motifs is 1. The lowest BCUT2D eigenvalue weighted by atomic mass is 9.78. The summed E-state index contributed by atoms with van der Waals surface area (Å²) in [6.45, 7) is 0. The van der Waals surface area contributed by atoms with Gasteiger partial charge in [0.1, 0.15) is 5.82 Å². The first kappa shape index (κ1) is 32.5. The Hall–Kier alpha value is -5.39. The van der Waals surface area contributed by atoms with Crippen LogP contribution in [0.1, 0.15) is 60.3 Å². The number of nitriles is 2. The van der Waals surface area contributed by atoms with E-state index < -0.39 is 22.3 Å². The Balaban J connectivity index is 1.66. The summed E-state index contributed by atoms with van der Waals surface area (Å²) in [5.74, 6) is -1.08. The number of methoxy groups -OCH3 is 1. The Bertz CT molecular complexity index is 2210. The highest BCUT2D eigenvalue weighted by Gasteiger charge is 2.32. The summed E-state index contributed by atoms with van der Waals surface area (Å²) in [6, 6.07) is 23.8. The van der Waals surface area contributed by atoms with E-state index in [1.165, 1.54) is 31.4 Å². The first-order chi connectivity index (χ1) is 23.1. The maximum atomic E-state index is 15.0. The molecule has 0 amide bonds. The van der Waals surface area contributed by atoms with Crippen molar-refractivity contribution in [1.29, 1.82) is 10.5 Å². The van der Waals surface area contributed by atoms with Crippen LogP contribution in [0.3, 0.4) is 0 Å². The van der Waals surface area contributed by atoms with Gasteiger partial charge in [-0.1, -0.05) is 36.4 Å². The highest BCUT2D eigenvalue weighted by molar-refractivity contribution is 7.90. The van der Waals surface area contributed by atoms with Crippen molar-refractivity contribution in [3.63, 3.8) is 0 Å². The second-order valence-corrected chi connectivity index (χ2v) is 13.5. The Kier molecular flexibility index (Phi) is 8.83. The lowest BCUT2D eigenvalue weighted by Crippen LogP contribution is -2.22. The Labute approximate surface area is 275 Å². The minimum absolute atomic E-state index is 0.0455. The average molecular weight is 668 g/mol. The van der Waals surface area contributed by atoms with Crippen LogP contribution in [0.25, 0.3) is 33.3 Å². The van der Waals surface area contributed by atoms with E-state index in [4.69, 9.17) is 4.74 Å². The number of halogens is 3. The van der Waals surface area contributed by atoms with Crippen LogP contribution in [0.5, 0.6) is 0 Å². The normalized spacial score (nSPS) is 16.4. The number of aromatic nitrogens is 1. The summed E-state index contributed by atoms with van der Waals surface area (Å²) < 4.78 is 76.9. The van der Waals surface area contributed by atoms with Crippen LogP contribution in [0, 0.1) is 34.4 Å². The van der Waals surface area contributed by atoms with E-state index in [0.29, 0.717) is 31.2 Å². The van der Waals surface area contributed by atoms with Gasteiger partial charge in [-0.2, -0.15) is 10.5 Å². The molecule has 0 bridgehead atoms. The molecule has 0 N–H and O–H groups in total. The van der Waals surface area contributed by atoms with E-state index in [1.807, 2.05) is 12.1 Å². The third kappa shape index (κ3) is 5.71. The molecule has 0 unspecified atom stereocenters. The van der Waals surface area contributed by atoms with Gasteiger partial charge in [-0.15, -0.1) is 0 Å². The monoisotopic (exact) mass is 667 g/mol. The molecule has 5 aromatic rings. The van der Waals surface area contributed by atoms with E-state index in [-0.39, 0.29) is 67.1 Å².